The number of ether oxygens (including phenoxy) is 1. The highest BCUT2D eigenvalue weighted by atomic mass is 127. The fourth-order valence-electron chi connectivity index (χ4n) is 1.36. The summed E-state index contributed by atoms with van der Waals surface area (Å²) < 4.78 is 29.6. The van der Waals surface area contributed by atoms with Gasteiger partial charge in [-0.2, -0.15) is 0 Å². The van der Waals surface area contributed by atoms with E-state index in [2.05, 4.69) is 38.5 Å². The van der Waals surface area contributed by atoms with Crippen LogP contribution in [0.3, 0.4) is 0 Å². The van der Waals surface area contributed by atoms with E-state index in [9.17, 15) is 8.42 Å². The first kappa shape index (κ1) is 15.1. The normalized spacial score (nSPS) is 11.3. The Morgan fingerprint density at radius 3 is 2.37 bits per heavy atom. The zero-order valence-electron chi connectivity index (χ0n) is 9.31. The van der Waals surface area contributed by atoms with Gasteiger partial charge in [-0.3, -0.25) is 0 Å². The van der Waals surface area contributed by atoms with Gasteiger partial charge in [0.15, 0.2) is 0 Å². The third-order valence-electron chi connectivity index (χ3n) is 2.24. The third kappa shape index (κ3) is 3.84. The minimum Gasteiger partial charge on any atom is -0.455 e. The van der Waals surface area contributed by atoms with E-state index in [1.807, 2.05) is 24.3 Å². The van der Waals surface area contributed by atoms with E-state index in [4.69, 9.17) is 15.4 Å². The molecule has 0 atom stereocenters. The molecule has 0 heterocycles. The Morgan fingerprint density at radius 1 is 1.11 bits per heavy atom. The summed E-state index contributed by atoms with van der Waals surface area (Å²) in [4.78, 5) is 0.0242. The summed E-state index contributed by atoms with van der Waals surface area (Å²) in [5.41, 5.74) is 0. The molecular weight excluding hydrogens is 466 g/mol. The Labute approximate surface area is 137 Å². The van der Waals surface area contributed by atoms with E-state index >= 15 is 0 Å². The van der Waals surface area contributed by atoms with E-state index < -0.39 is 9.05 Å². The number of rotatable bonds is 3. The first-order valence-corrected chi connectivity index (χ1v) is 9.22. The summed E-state index contributed by atoms with van der Waals surface area (Å²) >= 11 is 5.43. The van der Waals surface area contributed by atoms with Crippen LogP contribution >= 0.6 is 49.2 Å². The van der Waals surface area contributed by atoms with Crippen LogP contribution in [0.5, 0.6) is 11.5 Å². The third-order valence-corrected chi connectivity index (χ3v) is 5.10. The van der Waals surface area contributed by atoms with Crippen molar-refractivity contribution < 1.29 is 13.2 Å². The van der Waals surface area contributed by atoms with Crippen LogP contribution in [0.2, 0.25) is 0 Å². The summed E-state index contributed by atoms with van der Waals surface area (Å²) in [6.45, 7) is 0. The van der Waals surface area contributed by atoms with Crippen molar-refractivity contribution in [3.05, 3.63) is 50.5 Å². The van der Waals surface area contributed by atoms with E-state index in [0.717, 1.165) is 3.57 Å². The molecule has 3 nitrogen and oxygen atoms in total. The van der Waals surface area contributed by atoms with Crippen molar-refractivity contribution in [1.82, 2.24) is 0 Å². The average Bonchev–Trinajstić information content (AvgIpc) is 2.33. The van der Waals surface area contributed by atoms with Gasteiger partial charge in [-0.25, -0.2) is 8.42 Å². The molecule has 0 bridgehead atoms. The molecule has 2 rings (SSSR count). The van der Waals surface area contributed by atoms with E-state index in [1.165, 1.54) is 12.1 Å². The van der Waals surface area contributed by atoms with Crippen molar-refractivity contribution in [2.75, 3.05) is 0 Å². The molecule has 7 heteroatoms. The first-order chi connectivity index (χ1) is 8.88. The Kier molecular flexibility index (Phi) is 4.75. The van der Waals surface area contributed by atoms with Gasteiger partial charge < -0.3 is 4.74 Å². The molecule has 0 aliphatic carbocycles. The van der Waals surface area contributed by atoms with Crippen molar-refractivity contribution in [3.8, 4) is 11.5 Å². The molecule has 0 aromatic heterocycles. The second-order valence-electron chi connectivity index (χ2n) is 3.56. The van der Waals surface area contributed by atoms with Crippen molar-refractivity contribution in [2.24, 2.45) is 0 Å². The van der Waals surface area contributed by atoms with Gasteiger partial charge in [-0.05, 0) is 68.9 Å². The largest absolute Gasteiger partial charge is 0.455 e. The highest BCUT2D eigenvalue weighted by Crippen LogP contribution is 2.34. The Bertz CT molecular complexity index is 719. The standard InChI is InChI=1S/C12H7BrClIO3S/c13-9-7-8(19(14,16)17)5-6-11(9)18-12-4-2-1-3-10(12)15/h1-7H. The fourth-order valence-corrected chi connectivity index (χ4v) is 3.25. The maximum Gasteiger partial charge on any atom is 0.261 e. The molecule has 0 aliphatic heterocycles. The zero-order valence-corrected chi connectivity index (χ0v) is 14.6. The summed E-state index contributed by atoms with van der Waals surface area (Å²) in [6.07, 6.45) is 0. The number of benzene rings is 2. The second-order valence-corrected chi connectivity index (χ2v) is 8.15. The molecule has 0 spiro atoms. The van der Waals surface area contributed by atoms with E-state index in [1.54, 1.807) is 6.07 Å². The predicted octanol–water partition coefficient (Wildman–Crippen LogP) is 4.77. The lowest BCUT2D eigenvalue weighted by atomic mass is 10.3. The Morgan fingerprint density at radius 2 is 1.79 bits per heavy atom. The van der Waals surface area contributed by atoms with Gasteiger partial charge in [0.05, 0.1) is 12.9 Å². The molecule has 0 radical (unpaired) electrons. The van der Waals surface area contributed by atoms with Gasteiger partial charge in [0, 0.05) is 10.7 Å². The van der Waals surface area contributed by atoms with Gasteiger partial charge in [0.2, 0.25) is 0 Å². The monoisotopic (exact) mass is 472 g/mol. The average molecular weight is 474 g/mol. The Hall–Kier alpha value is -0.310. The van der Waals surface area contributed by atoms with Crippen molar-refractivity contribution >= 4 is 58.3 Å². The molecular formula is C12H7BrClIO3S. The summed E-state index contributed by atoms with van der Waals surface area (Å²) in [6, 6.07) is 11.9. The fraction of sp³-hybridized carbons (Fsp3) is 0. The van der Waals surface area contributed by atoms with Crippen LogP contribution in [0, 0.1) is 3.57 Å². The predicted molar refractivity (Wildman–Crippen MR) is 86.4 cm³/mol. The highest BCUT2D eigenvalue weighted by Gasteiger charge is 2.13. The molecule has 0 aliphatic rings. The van der Waals surface area contributed by atoms with E-state index in [0.29, 0.717) is 16.0 Å². The number of hydrogen-bond acceptors (Lipinski definition) is 3. The highest BCUT2D eigenvalue weighted by molar-refractivity contribution is 14.1. The van der Waals surface area contributed by atoms with Crippen molar-refractivity contribution in [1.29, 1.82) is 0 Å². The SMILES string of the molecule is O=S(=O)(Cl)c1ccc(Oc2ccccc2I)c(Br)c1. The van der Waals surface area contributed by atoms with Gasteiger partial charge in [0.25, 0.3) is 9.05 Å². The molecule has 0 N–H and O–H groups in total. The van der Waals surface area contributed by atoms with Crippen LogP contribution in [-0.4, -0.2) is 8.42 Å². The lowest BCUT2D eigenvalue weighted by Gasteiger charge is -2.09. The molecule has 100 valence electrons. The van der Waals surface area contributed by atoms with Crippen LogP contribution in [0.1, 0.15) is 0 Å². The first-order valence-electron chi connectivity index (χ1n) is 5.04. The Balaban J connectivity index is 2.36. The van der Waals surface area contributed by atoms with Gasteiger partial charge in [0.1, 0.15) is 11.5 Å². The van der Waals surface area contributed by atoms with Gasteiger partial charge >= 0.3 is 0 Å². The minimum atomic E-state index is -3.74. The smallest absolute Gasteiger partial charge is 0.261 e. The van der Waals surface area contributed by atoms with Crippen LogP contribution in [0.15, 0.2) is 51.8 Å². The maximum absolute atomic E-state index is 11.2. The second kappa shape index (κ2) is 5.99. The van der Waals surface area contributed by atoms with Crippen LogP contribution in [0.4, 0.5) is 0 Å². The molecule has 0 saturated heterocycles. The summed E-state index contributed by atoms with van der Waals surface area (Å²) in [5.74, 6) is 1.22. The molecule has 0 fully saturated rings. The lowest BCUT2D eigenvalue weighted by Crippen LogP contribution is -1.93. The summed E-state index contributed by atoms with van der Waals surface area (Å²) in [7, 11) is 1.54. The van der Waals surface area contributed by atoms with Crippen LogP contribution in [0.25, 0.3) is 0 Å². The van der Waals surface area contributed by atoms with Crippen LogP contribution < -0.4 is 4.74 Å². The number of hydrogen-bond donors (Lipinski definition) is 0. The number of para-hydroxylation sites is 1. The lowest BCUT2D eigenvalue weighted by molar-refractivity contribution is 0.475. The number of halogens is 3. The van der Waals surface area contributed by atoms with Crippen molar-refractivity contribution in [2.45, 2.75) is 4.90 Å². The van der Waals surface area contributed by atoms with Gasteiger partial charge in [-0.15, -0.1) is 0 Å². The molecule has 0 saturated carbocycles. The molecule has 0 unspecified atom stereocenters. The van der Waals surface area contributed by atoms with Crippen LogP contribution in [-0.2, 0) is 9.05 Å². The maximum atomic E-state index is 11.2. The molecule has 19 heavy (non-hydrogen) atoms. The molecule has 0 amide bonds. The van der Waals surface area contributed by atoms with E-state index in [-0.39, 0.29) is 4.90 Å². The minimum absolute atomic E-state index is 0.0242. The summed E-state index contributed by atoms with van der Waals surface area (Å²) in [5, 5.41) is 0. The quantitative estimate of drug-likeness (QED) is 0.476. The molecule has 2 aromatic rings. The molecule has 2 aromatic carbocycles. The zero-order chi connectivity index (χ0) is 14.0. The van der Waals surface area contributed by atoms with Gasteiger partial charge in [-0.1, -0.05) is 12.1 Å². The van der Waals surface area contributed by atoms with Crippen molar-refractivity contribution in [3.63, 3.8) is 0 Å². The topological polar surface area (TPSA) is 43.4 Å².